The van der Waals surface area contributed by atoms with Gasteiger partial charge in [0.25, 0.3) is 5.91 Å². The molecule has 1 aliphatic rings. The molecular formula is C35H44N4O8. The number of nitrogens with one attached hydrogen (secondary N) is 2. The van der Waals surface area contributed by atoms with E-state index < -0.39 is 35.7 Å². The van der Waals surface area contributed by atoms with Crippen LogP contribution in [0.5, 0.6) is 0 Å². The molecule has 1 aromatic heterocycles. The summed E-state index contributed by atoms with van der Waals surface area (Å²) in [7, 11) is 0. The van der Waals surface area contributed by atoms with E-state index in [1.165, 1.54) is 17.0 Å². The van der Waals surface area contributed by atoms with Crippen molar-refractivity contribution in [1.29, 1.82) is 0 Å². The minimum Gasteiger partial charge on any atom is -0.479 e. The van der Waals surface area contributed by atoms with Gasteiger partial charge in [0, 0.05) is 30.3 Å². The van der Waals surface area contributed by atoms with E-state index in [2.05, 4.69) is 10.5 Å². The zero-order valence-corrected chi connectivity index (χ0v) is 27.4. The first kappa shape index (κ1) is 35.1. The average molecular weight is 649 g/mol. The molecule has 4 amide bonds. The number of benzene rings is 2. The number of carbonyl (C=O) groups is 5. The summed E-state index contributed by atoms with van der Waals surface area (Å²) < 4.78 is 5.60. The molecule has 1 aliphatic heterocycles. The molecule has 4 rings (SSSR count). The number of nitrogens with zero attached hydrogens (tertiary/aromatic N) is 2. The third kappa shape index (κ3) is 8.76. The van der Waals surface area contributed by atoms with E-state index in [0.717, 1.165) is 22.9 Å². The Hall–Kier alpha value is -4.71. The highest BCUT2D eigenvalue weighted by Gasteiger charge is 2.47. The maximum Gasteiger partial charge on any atom is 0.418 e. The van der Waals surface area contributed by atoms with Crippen LogP contribution in [0.25, 0.3) is 10.9 Å². The number of hydrogen-bond donors (Lipinski definition) is 3. The SMILES string of the molecule is CCONC(=O)CCCCCCC(=O)N1CCc2c([nH]c3ccccc23)C1C(=O)N(C(=O)OC(C)(C)C)[C@H](C(=O)O)c1ccccc1. The number of H-pyrrole nitrogens is 1. The van der Waals surface area contributed by atoms with Gasteiger partial charge in [0.1, 0.15) is 5.60 Å². The average Bonchev–Trinajstić information content (AvgIpc) is 3.41. The Morgan fingerprint density at radius 3 is 2.30 bits per heavy atom. The zero-order chi connectivity index (χ0) is 34.1. The van der Waals surface area contributed by atoms with Crippen LogP contribution in [-0.2, 0) is 35.2 Å². The molecule has 2 heterocycles. The number of aromatic nitrogens is 1. The normalized spacial score (nSPS) is 15.1. The van der Waals surface area contributed by atoms with Gasteiger partial charge in [-0.25, -0.2) is 20.0 Å². The molecule has 0 fully saturated rings. The van der Waals surface area contributed by atoms with Crippen molar-refractivity contribution in [3.05, 3.63) is 71.4 Å². The van der Waals surface area contributed by atoms with Gasteiger partial charge in [0.15, 0.2) is 12.1 Å². The monoisotopic (exact) mass is 648 g/mol. The summed E-state index contributed by atoms with van der Waals surface area (Å²) in [5.74, 6) is -2.79. The van der Waals surface area contributed by atoms with Crippen molar-refractivity contribution in [2.24, 2.45) is 0 Å². The number of rotatable bonds is 13. The van der Waals surface area contributed by atoms with Crippen LogP contribution in [0.2, 0.25) is 0 Å². The second kappa shape index (κ2) is 15.7. The number of aromatic amines is 1. The van der Waals surface area contributed by atoms with Gasteiger partial charge >= 0.3 is 12.1 Å². The van der Waals surface area contributed by atoms with Crippen LogP contribution in [0.15, 0.2) is 54.6 Å². The lowest BCUT2D eigenvalue weighted by atomic mass is 9.94. The molecule has 0 aliphatic carbocycles. The molecule has 0 bridgehead atoms. The summed E-state index contributed by atoms with van der Waals surface area (Å²) in [6.45, 7) is 7.25. The predicted octanol–water partition coefficient (Wildman–Crippen LogP) is 5.59. The van der Waals surface area contributed by atoms with Crippen molar-refractivity contribution in [2.45, 2.75) is 90.3 Å². The molecule has 0 spiro atoms. The van der Waals surface area contributed by atoms with Crippen molar-refractivity contribution in [3.8, 4) is 0 Å². The summed E-state index contributed by atoms with van der Waals surface area (Å²) in [6, 6.07) is 12.5. The Morgan fingerprint density at radius 2 is 1.64 bits per heavy atom. The molecule has 47 heavy (non-hydrogen) atoms. The Morgan fingerprint density at radius 1 is 0.979 bits per heavy atom. The van der Waals surface area contributed by atoms with Crippen molar-refractivity contribution >= 4 is 40.7 Å². The fourth-order valence-electron chi connectivity index (χ4n) is 5.83. The van der Waals surface area contributed by atoms with E-state index in [4.69, 9.17) is 9.57 Å². The number of carboxylic acids is 1. The van der Waals surface area contributed by atoms with Gasteiger partial charge in [-0.05, 0) is 64.2 Å². The number of fused-ring (bicyclic) bond motifs is 3. The highest BCUT2D eigenvalue weighted by atomic mass is 16.6. The minimum absolute atomic E-state index is 0.137. The lowest BCUT2D eigenvalue weighted by Crippen LogP contribution is -2.53. The maximum absolute atomic E-state index is 14.8. The van der Waals surface area contributed by atoms with E-state index in [-0.39, 0.29) is 30.3 Å². The largest absolute Gasteiger partial charge is 0.479 e. The number of carbonyl (C=O) groups excluding carboxylic acids is 4. The maximum atomic E-state index is 14.8. The van der Waals surface area contributed by atoms with Crippen LogP contribution in [0.3, 0.4) is 0 Å². The minimum atomic E-state index is -1.70. The van der Waals surface area contributed by atoms with Crippen LogP contribution in [0, 0.1) is 0 Å². The molecule has 3 aromatic rings. The molecule has 12 heteroatoms. The van der Waals surface area contributed by atoms with Crippen molar-refractivity contribution in [2.75, 3.05) is 13.2 Å². The summed E-state index contributed by atoms with van der Waals surface area (Å²) >= 11 is 0. The standard InChI is InChI=1S/C35H44N4O8/c1-5-46-37-27(40)19-11-6-7-12-20-28(41)38-22-21-25-24-17-13-14-18-26(24)36-29(25)31(38)32(42)39(34(45)47-35(2,3)4)30(33(43)44)23-15-9-8-10-16-23/h8-10,13-18,30-31,36H,5-7,11-12,19-22H2,1-4H3,(H,37,40)(H,43,44)/t30-,31?/m0/s1. The first-order valence-corrected chi connectivity index (χ1v) is 16.1. The fraction of sp³-hybridized carbons (Fsp3) is 0.457. The third-order valence-electron chi connectivity index (χ3n) is 7.90. The number of carboxylic acid groups (broad SMARTS) is 1. The first-order chi connectivity index (χ1) is 22.4. The van der Waals surface area contributed by atoms with E-state index >= 15 is 0 Å². The molecule has 252 valence electrons. The first-order valence-electron chi connectivity index (χ1n) is 16.1. The summed E-state index contributed by atoms with van der Waals surface area (Å²) in [5.41, 5.74) is 3.58. The van der Waals surface area contributed by atoms with Crippen molar-refractivity contribution in [1.82, 2.24) is 20.3 Å². The molecule has 2 atom stereocenters. The molecule has 12 nitrogen and oxygen atoms in total. The van der Waals surface area contributed by atoms with Crippen LogP contribution in [-0.4, -0.2) is 68.4 Å². The van der Waals surface area contributed by atoms with Crippen LogP contribution >= 0.6 is 0 Å². The van der Waals surface area contributed by atoms with Gasteiger partial charge < -0.3 is 19.7 Å². The van der Waals surface area contributed by atoms with Gasteiger partial charge in [0.05, 0.1) is 12.3 Å². The van der Waals surface area contributed by atoms with E-state index in [1.807, 2.05) is 24.3 Å². The van der Waals surface area contributed by atoms with E-state index in [0.29, 0.717) is 49.3 Å². The second-order valence-electron chi connectivity index (χ2n) is 12.5. The second-order valence-corrected chi connectivity index (χ2v) is 12.5. The summed E-state index contributed by atoms with van der Waals surface area (Å²) in [4.78, 5) is 77.2. The van der Waals surface area contributed by atoms with E-state index in [1.54, 1.807) is 45.9 Å². The van der Waals surface area contributed by atoms with Gasteiger partial charge in [0.2, 0.25) is 11.8 Å². The highest BCUT2D eigenvalue weighted by molar-refractivity contribution is 6.02. The number of hydrogen-bond acceptors (Lipinski definition) is 7. The number of aliphatic carboxylic acids is 1. The molecular weight excluding hydrogens is 604 g/mol. The molecule has 0 saturated heterocycles. The Labute approximate surface area is 274 Å². The molecule has 3 N–H and O–H groups in total. The summed E-state index contributed by atoms with van der Waals surface area (Å²) in [6.07, 6.45) is 2.38. The Bertz CT molecular complexity index is 1580. The number of imide groups is 1. The van der Waals surface area contributed by atoms with Gasteiger partial charge in [-0.2, -0.15) is 0 Å². The topological polar surface area (TPSA) is 158 Å². The molecule has 0 saturated carbocycles. The lowest BCUT2D eigenvalue weighted by Gasteiger charge is -2.39. The van der Waals surface area contributed by atoms with Crippen LogP contribution in [0.1, 0.15) is 95.1 Å². The van der Waals surface area contributed by atoms with E-state index in [9.17, 15) is 29.1 Å². The fourth-order valence-corrected chi connectivity index (χ4v) is 5.83. The van der Waals surface area contributed by atoms with Crippen LogP contribution in [0.4, 0.5) is 4.79 Å². The van der Waals surface area contributed by atoms with Gasteiger partial charge in [-0.3, -0.25) is 19.2 Å². The van der Waals surface area contributed by atoms with Gasteiger partial charge in [-0.1, -0.05) is 61.4 Å². The van der Waals surface area contributed by atoms with Crippen molar-refractivity contribution < 1.29 is 38.7 Å². The predicted molar refractivity (Wildman–Crippen MR) is 174 cm³/mol. The van der Waals surface area contributed by atoms with Crippen LogP contribution < -0.4 is 5.48 Å². The quantitative estimate of drug-likeness (QED) is 0.160. The molecule has 0 radical (unpaired) electrons. The summed E-state index contributed by atoms with van der Waals surface area (Å²) in [5, 5.41) is 11.3. The smallest absolute Gasteiger partial charge is 0.418 e. The number of hydroxylamine groups is 1. The number of ether oxygens (including phenoxy) is 1. The van der Waals surface area contributed by atoms with Crippen molar-refractivity contribution in [3.63, 3.8) is 0 Å². The zero-order valence-electron chi connectivity index (χ0n) is 27.4. The number of unbranched alkanes of at least 4 members (excludes halogenated alkanes) is 3. The Balaban J connectivity index is 1.65. The Kier molecular flexibility index (Phi) is 11.8. The third-order valence-corrected chi connectivity index (χ3v) is 7.90. The number of para-hydroxylation sites is 1. The van der Waals surface area contributed by atoms with Gasteiger partial charge in [-0.15, -0.1) is 0 Å². The molecule has 1 unspecified atom stereocenters. The number of amides is 4. The highest BCUT2D eigenvalue weighted by Crippen LogP contribution is 2.38. The lowest BCUT2D eigenvalue weighted by molar-refractivity contribution is -0.155. The molecule has 2 aromatic carbocycles.